The molecule has 1 aromatic heterocycles. The van der Waals surface area contributed by atoms with Gasteiger partial charge in [0.2, 0.25) is 0 Å². The number of oxime groups is 1. The molecular formula is C19H13ClN2O2. The van der Waals surface area contributed by atoms with Crippen molar-refractivity contribution in [1.29, 1.82) is 0 Å². The van der Waals surface area contributed by atoms with Crippen molar-refractivity contribution in [3.63, 3.8) is 0 Å². The van der Waals surface area contributed by atoms with Crippen LogP contribution in [0.3, 0.4) is 0 Å². The Hall–Kier alpha value is -2.98. The molecule has 0 spiro atoms. The van der Waals surface area contributed by atoms with Crippen LogP contribution in [0.4, 0.5) is 0 Å². The first-order valence-electron chi connectivity index (χ1n) is 7.25. The van der Waals surface area contributed by atoms with Crippen LogP contribution in [-0.4, -0.2) is 16.7 Å². The summed E-state index contributed by atoms with van der Waals surface area (Å²) in [6.07, 6.45) is 3.31. The summed E-state index contributed by atoms with van der Waals surface area (Å²) in [6.45, 7) is 0. The average Bonchev–Trinajstić information content (AvgIpc) is 2.64. The second kappa shape index (κ2) is 7.53. The number of carbonyl (C=O) groups is 1. The van der Waals surface area contributed by atoms with Crippen LogP contribution in [0.1, 0.15) is 21.5 Å². The van der Waals surface area contributed by atoms with Gasteiger partial charge in [0.1, 0.15) is 5.71 Å². The minimum Gasteiger partial charge on any atom is -0.312 e. The van der Waals surface area contributed by atoms with Crippen LogP contribution in [0.2, 0.25) is 5.02 Å². The first-order valence-corrected chi connectivity index (χ1v) is 7.63. The fraction of sp³-hybridized carbons (Fsp3) is 0. The molecule has 0 aliphatic rings. The number of rotatable bonds is 4. The van der Waals surface area contributed by atoms with E-state index in [9.17, 15) is 4.79 Å². The Kier molecular flexibility index (Phi) is 4.99. The highest BCUT2D eigenvalue weighted by Crippen LogP contribution is 2.17. The molecule has 0 saturated carbocycles. The third kappa shape index (κ3) is 3.67. The zero-order valence-electron chi connectivity index (χ0n) is 12.6. The molecule has 0 saturated heterocycles. The van der Waals surface area contributed by atoms with Gasteiger partial charge in [-0.15, -0.1) is 0 Å². The first-order chi connectivity index (χ1) is 11.8. The Morgan fingerprint density at radius 2 is 1.50 bits per heavy atom. The Morgan fingerprint density at radius 3 is 2.21 bits per heavy atom. The van der Waals surface area contributed by atoms with Crippen molar-refractivity contribution in [2.24, 2.45) is 5.16 Å². The minimum atomic E-state index is -0.608. The van der Waals surface area contributed by atoms with Crippen LogP contribution in [0.15, 0.2) is 84.3 Å². The van der Waals surface area contributed by atoms with Gasteiger partial charge in [-0.05, 0) is 24.3 Å². The summed E-state index contributed by atoms with van der Waals surface area (Å²) < 4.78 is 0. The molecule has 4 nitrogen and oxygen atoms in total. The maximum atomic E-state index is 12.2. The van der Waals surface area contributed by atoms with Crippen LogP contribution >= 0.6 is 11.6 Å². The maximum absolute atomic E-state index is 12.2. The summed E-state index contributed by atoms with van der Waals surface area (Å²) in [7, 11) is 0. The van der Waals surface area contributed by atoms with Crippen molar-refractivity contribution in [3.8, 4) is 0 Å². The molecule has 0 amide bonds. The fourth-order valence-electron chi connectivity index (χ4n) is 2.14. The lowest BCUT2D eigenvalue weighted by molar-refractivity contribution is 0.0517. The van der Waals surface area contributed by atoms with Gasteiger partial charge in [0, 0.05) is 23.5 Å². The number of pyridine rings is 1. The Morgan fingerprint density at radius 1 is 0.875 bits per heavy atom. The number of benzene rings is 2. The molecule has 0 aliphatic heterocycles. The van der Waals surface area contributed by atoms with Crippen molar-refractivity contribution in [2.75, 3.05) is 0 Å². The second-order valence-electron chi connectivity index (χ2n) is 4.90. The minimum absolute atomic E-state index is 0.269. The third-order valence-corrected chi connectivity index (χ3v) is 3.64. The summed E-state index contributed by atoms with van der Waals surface area (Å²) in [5.74, 6) is -0.608. The highest BCUT2D eigenvalue weighted by molar-refractivity contribution is 6.33. The van der Waals surface area contributed by atoms with Crippen molar-refractivity contribution in [3.05, 3.63) is 101 Å². The highest BCUT2D eigenvalue weighted by Gasteiger charge is 2.13. The molecule has 3 aromatic rings. The van der Waals surface area contributed by atoms with Crippen LogP contribution < -0.4 is 0 Å². The SMILES string of the molecule is O=C(O/N=C(/c1ccccc1)c1ccncc1)c1ccccc1Cl. The molecule has 1 heterocycles. The molecule has 5 heteroatoms. The van der Waals surface area contributed by atoms with E-state index >= 15 is 0 Å². The maximum Gasteiger partial charge on any atom is 0.367 e. The first kappa shape index (κ1) is 15.9. The Bertz CT molecular complexity index is 823. The molecule has 24 heavy (non-hydrogen) atoms. The van der Waals surface area contributed by atoms with Gasteiger partial charge in [-0.3, -0.25) is 4.98 Å². The predicted octanol–water partition coefficient (Wildman–Crippen LogP) is 4.34. The quantitative estimate of drug-likeness (QED) is 0.404. The van der Waals surface area contributed by atoms with E-state index in [1.807, 2.05) is 30.3 Å². The number of nitrogens with zero attached hydrogens (tertiary/aromatic N) is 2. The lowest BCUT2D eigenvalue weighted by Gasteiger charge is -2.07. The Labute approximate surface area is 144 Å². The number of hydrogen-bond acceptors (Lipinski definition) is 4. The van der Waals surface area contributed by atoms with Crippen LogP contribution in [-0.2, 0) is 4.84 Å². The van der Waals surface area contributed by atoms with E-state index in [4.69, 9.17) is 16.4 Å². The van der Waals surface area contributed by atoms with Crippen molar-refractivity contribution < 1.29 is 9.63 Å². The lowest BCUT2D eigenvalue weighted by atomic mass is 10.0. The van der Waals surface area contributed by atoms with E-state index in [1.165, 1.54) is 0 Å². The van der Waals surface area contributed by atoms with Crippen LogP contribution in [0, 0.1) is 0 Å². The average molecular weight is 337 g/mol. The van der Waals surface area contributed by atoms with Gasteiger partial charge in [0.15, 0.2) is 0 Å². The molecule has 0 bridgehead atoms. The number of halogens is 1. The van der Waals surface area contributed by atoms with Gasteiger partial charge >= 0.3 is 5.97 Å². The van der Waals surface area contributed by atoms with Crippen molar-refractivity contribution >= 4 is 23.3 Å². The van der Waals surface area contributed by atoms with E-state index in [0.29, 0.717) is 10.7 Å². The highest BCUT2D eigenvalue weighted by atomic mass is 35.5. The molecule has 2 aromatic carbocycles. The smallest absolute Gasteiger partial charge is 0.312 e. The number of carbonyl (C=O) groups excluding carboxylic acids is 1. The van der Waals surface area contributed by atoms with Gasteiger partial charge in [-0.1, -0.05) is 59.2 Å². The monoisotopic (exact) mass is 336 g/mol. The summed E-state index contributed by atoms with van der Waals surface area (Å²) in [4.78, 5) is 21.3. The van der Waals surface area contributed by atoms with E-state index in [0.717, 1.165) is 11.1 Å². The summed E-state index contributed by atoms with van der Waals surface area (Å²) in [6, 6.07) is 19.8. The Balaban J connectivity index is 1.93. The molecule has 118 valence electrons. The number of hydrogen-bond donors (Lipinski definition) is 0. The largest absolute Gasteiger partial charge is 0.367 e. The van der Waals surface area contributed by atoms with E-state index in [2.05, 4.69) is 10.1 Å². The van der Waals surface area contributed by atoms with Crippen molar-refractivity contribution in [1.82, 2.24) is 4.98 Å². The zero-order valence-corrected chi connectivity index (χ0v) is 13.4. The third-order valence-electron chi connectivity index (χ3n) is 3.31. The molecule has 0 radical (unpaired) electrons. The topological polar surface area (TPSA) is 51.5 Å². The van der Waals surface area contributed by atoms with Gasteiger partial charge in [0.05, 0.1) is 10.6 Å². The fourth-order valence-corrected chi connectivity index (χ4v) is 2.35. The predicted molar refractivity (Wildman–Crippen MR) is 93.2 cm³/mol. The van der Waals surface area contributed by atoms with Crippen molar-refractivity contribution in [2.45, 2.75) is 0 Å². The number of aromatic nitrogens is 1. The zero-order chi connectivity index (χ0) is 16.8. The molecule has 0 atom stereocenters. The normalized spacial score (nSPS) is 11.1. The summed E-state index contributed by atoms with van der Waals surface area (Å²) in [5, 5.41) is 4.38. The van der Waals surface area contributed by atoms with Crippen LogP contribution in [0.5, 0.6) is 0 Å². The standard InChI is InChI=1S/C19H13ClN2O2/c20-17-9-5-4-8-16(17)19(23)24-22-18(14-6-2-1-3-7-14)15-10-12-21-13-11-15/h1-13H/b22-18-. The van der Waals surface area contributed by atoms with Gasteiger partial charge in [-0.2, -0.15) is 0 Å². The van der Waals surface area contributed by atoms with Gasteiger partial charge < -0.3 is 4.84 Å². The molecule has 0 unspecified atom stereocenters. The van der Waals surface area contributed by atoms with E-state index in [1.54, 1.807) is 48.8 Å². The van der Waals surface area contributed by atoms with Gasteiger partial charge in [-0.25, -0.2) is 4.79 Å². The summed E-state index contributed by atoms with van der Waals surface area (Å²) in [5.41, 5.74) is 2.43. The molecule has 0 aliphatic carbocycles. The van der Waals surface area contributed by atoms with E-state index < -0.39 is 5.97 Å². The second-order valence-corrected chi connectivity index (χ2v) is 5.31. The summed E-state index contributed by atoms with van der Waals surface area (Å²) >= 11 is 6.01. The molecule has 3 rings (SSSR count). The molecule has 0 N–H and O–H groups in total. The molecule has 0 fully saturated rings. The lowest BCUT2D eigenvalue weighted by Crippen LogP contribution is -2.08. The van der Waals surface area contributed by atoms with Crippen LogP contribution in [0.25, 0.3) is 0 Å². The molecular weight excluding hydrogens is 324 g/mol. The van der Waals surface area contributed by atoms with Gasteiger partial charge in [0.25, 0.3) is 0 Å². The van der Waals surface area contributed by atoms with E-state index in [-0.39, 0.29) is 5.56 Å².